The average Bonchev–Trinajstić information content (AvgIpc) is 3.28. The van der Waals surface area contributed by atoms with Crippen LogP contribution in [0.4, 0.5) is 23.2 Å². The first kappa shape index (κ1) is 60.6. The molecule has 17 nitrogen and oxygen atoms in total. The first-order valence-corrected chi connectivity index (χ1v) is 22.0. The van der Waals surface area contributed by atoms with Gasteiger partial charge in [0.1, 0.15) is 40.8 Å². The van der Waals surface area contributed by atoms with Gasteiger partial charge in [-0.15, -0.1) is 0 Å². The molecule has 0 radical (unpaired) electrons. The summed E-state index contributed by atoms with van der Waals surface area (Å²) in [5.41, 5.74) is 5.33. The molecule has 25 heteroatoms. The van der Waals surface area contributed by atoms with Crippen molar-refractivity contribution in [3.63, 3.8) is 0 Å². The van der Waals surface area contributed by atoms with E-state index in [2.05, 4.69) is 73.3 Å². The number of ether oxygens (including phenoxy) is 3. The van der Waals surface area contributed by atoms with Crippen LogP contribution in [0.15, 0.2) is 110 Å². The first-order chi connectivity index (χ1) is 30.8. The predicted octanol–water partition coefficient (Wildman–Crippen LogP) is 4.71. The van der Waals surface area contributed by atoms with Crippen LogP contribution in [0, 0.1) is 23.3 Å². The summed E-state index contributed by atoms with van der Waals surface area (Å²) in [6.45, 7) is 0. The van der Waals surface area contributed by atoms with Crippen molar-refractivity contribution in [2.45, 2.75) is 6.42 Å². The van der Waals surface area contributed by atoms with Gasteiger partial charge < -0.3 is 45.5 Å². The van der Waals surface area contributed by atoms with E-state index in [1.165, 1.54) is 82.0 Å². The molecule has 0 bridgehead atoms. The number of nitrogen functional groups attached to an aromatic ring is 1. The van der Waals surface area contributed by atoms with Gasteiger partial charge in [0.25, 0.3) is 16.7 Å². The maximum Gasteiger partial charge on any atom is 1.00 e. The van der Waals surface area contributed by atoms with Crippen LogP contribution in [-0.4, -0.2) is 77.0 Å². The minimum Gasteiger partial charge on any atom is -0.870 e. The van der Waals surface area contributed by atoms with Crippen LogP contribution < -0.4 is 41.3 Å². The number of aldehydes is 1. The smallest absolute Gasteiger partial charge is 0.870 e. The van der Waals surface area contributed by atoms with E-state index in [9.17, 15) is 55.9 Å². The molecule has 350 valence electrons. The zero-order chi connectivity index (χ0) is 49.0. The summed E-state index contributed by atoms with van der Waals surface area (Å²) in [6.07, 6.45) is 0.214. The number of carbonyl (C=O) groups excluding carboxylic acids is 4. The number of aromatic nitrogens is 3. The number of carboxylic acid groups (broad SMARTS) is 1. The summed E-state index contributed by atoms with van der Waals surface area (Å²) in [6, 6.07) is 19.6. The zero-order valence-corrected chi connectivity index (χ0v) is 39.8. The SMILES string of the molecule is BrBr.COC(=O)CC(=O)OC.COC(=O)c1cc2cc(F)ccc2[nH]c1=O.Nc1ccc(F)cc1C=O.O=C(O)c1cc2cc(F)ccc2[nH]c1=O.O=c1[nH]c2ccc(F)cc2cc1Br.[Li+].[OH-]. The second-order valence-electron chi connectivity index (χ2n) is 12.2. The molecule has 7 N–H and O–H groups in total. The quantitative estimate of drug-likeness (QED) is 0.0297. The molecule has 0 atom stereocenters. The van der Waals surface area contributed by atoms with E-state index in [-0.39, 0.29) is 53.3 Å². The number of carbonyl (C=O) groups is 5. The molecule has 3 heterocycles. The maximum atomic E-state index is 12.9. The molecule has 4 aromatic carbocycles. The molecule has 0 saturated carbocycles. The van der Waals surface area contributed by atoms with Gasteiger partial charge in [-0.2, -0.15) is 0 Å². The maximum absolute atomic E-state index is 12.9. The largest absolute Gasteiger partial charge is 1.00 e. The van der Waals surface area contributed by atoms with E-state index in [0.29, 0.717) is 49.2 Å². The van der Waals surface area contributed by atoms with Crippen molar-refractivity contribution in [2.75, 3.05) is 27.1 Å². The molecule has 0 spiro atoms. The van der Waals surface area contributed by atoms with Gasteiger partial charge in [-0.1, -0.05) is 0 Å². The van der Waals surface area contributed by atoms with E-state index < -0.39 is 58.0 Å². The van der Waals surface area contributed by atoms with Crippen LogP contribution in [-0.2, 0) is 23.8 Å². The van der Waals surface area contributed by atoms with Gasteiger partial charge in [0, 0.05) is 72.2 Å². The predicted molar refractivity (Wildman–Crippen MR) is 244 cm³/mol. The molecule has 0 aliphatic carbocycles. The Morgan fingerprint density at radius 1 is 0.612 bits per heavy atom. The second kappa shape index (κ2) is 30.0. The van der Waals surface area contributed by atoms with Gasteiger partial charge in [-0.25, -0.2) is 27.2 Å². The van der Waals surface area contributed by atoms with Crippen LogP contribution >= 0.6 is 44.2 Å². The second-order valence-corrected chi connectivity index (χ2v) is 13.0. The normalized spacial score (nSPS) is 9.46. The van der Waals surface area contributed by atoms with E-state index >= 15 is 0 Å². The fourth-order valence-electron chi connectivity index (χ4n) is 4.84. The van der Waals surface area contributed by atoms with Gasteiger partial charge in [0.05, 0.1) is 25.8 Å². The van der Waals surface area contributed by atoms with E-state index in [1.807, 2.05) is 0 Å². The van der Waals surface area contributed by atoms with Crippen LogP contribution in [0.1, 0.15) is 37.5 Å². The Morgan fingerprint density at radius 3 is 1.37 bits per heavy atom. The minimum absolute atomic E-state index is 0. The Kier molecular flexibility index (Phi) is 27.1. The number of benzene rings is 4. The summed E-state index contributed by atoms with van der Waals surface area (Å²) >= 11 is 8.57. The zero-order valence-electron chi connectivity index (χ0n) is 35.1. The number of anilines is 1. The number of H-pyrrole nitrogens is 3. The first-order valence-electron chi connectivity index (χ1n) is 17.5. The number of methoxy groups -OCH3 is 3. The van der Waals surface area contributed by atoms with Crippen molar-refractivity contribution in [1.29, 1.82) is 0 Å². The number of halogens is 7. The number of esters is 3. The number of pyridine rings is 3. The van der Waals surface area contributed by atoms with E-state index in [1.54, 1.807) is 12.1 Å². The number of nitrogens with two attached hydrogens (primary N) is 1. The van der Waals surface area contributed by atoms with Crippen molar-refractivity contribution in [2.24, 2.45) is 0 Å². The third kappa shape index (κ3) is 19.1. The van der Waals surface area contributed by atoms with Crippen molar-refractivity contribution in [3.8, 4) is 0 Å². The molecule has 0 amide bonds. The number of nitrogens with one attached hydrogen (secondary N) is 3. The Balaban J connectivity index is 0.000000811. The average molecular weight is 1130 g/mol. The summed E-state index contributed by atoms with van der Waals surface area (Å²) in [5, 5.41) is 10.2. The monoisotopic (exact) mass is 1120 g/mol. The number of fused-ring (bicyclic) bond motifs is 3. The van der Waals surface area contributed by atoms with Crippen LogP contribution in [0.2, 0.25) is 0 Å². The topological polar surface area (TPSA) is 288 Å². The standard InChI is InChI=1S/C11H8FNO3.C10H6FNO3.C9H5BrFNO.C7H6FNO.C5H8O4.Br2.Li.H2O/c1-16-11(15)8-5-6-4-7(12)2-3-9(6)13-10(8)14;11-6-1-2-8-5(3-6)4-7(10(14)15)9(13)12-8;10-7-4-5-3-6(11)1-2-8(5)12-9(7)13;8-6-1-2-7(9)5(3-6)4-10;1-8-4(6)3-5(7)9-2;1-2;;/h2-5H,1H3,(H,13,14);1-4H,(H,12,13)(H,14,15);1-4H,(H,12,13);1-4H,9H2;3H2,1-2H3;;;1H2/q;;;;;;+1;/p-1. The molecule has 3 aromatic heterocycles. The molecule has 7 rings (SSSR count). The van der Waals surface area contributed by atoms with Gasteiger partial charge in [-0.3, -0.25) is 28.8 Å². The Morgan fingerprint density at radius 2 is 0.985 bits per heavy atom. The number of hydrogen-bond acceptors (Lipinski definition) is 13. The van der Waals surface area contributed by atoms with Gasteiger partial charge in [0.15, 0.2) is 6.29 Å². The molecule has 0 fully saturated rings. The third-order valence-electron chi connectivity index (χ3n) is 7.93. The molecular formula is C42H34Br3F4LiN4O13. The summed E-state index contributed by atoms with van der Waals surface area (Å²) in [4.78, 5) is 93.8. The molecule has 0 unspecified atom stereocenters. The summed E-state index contributed by atoms with van der Waals surface area (Å²) < 4.78 is 64.1. The van der Waals surface area contributed by atoms with Crippen molar-refractivity contribution >= 4 is 113 Å². The molecule has 0 saturated heterocycles. The van der Waals surface area contributed by atoms with Crippen molar-refractivity contribution in [3.05, 3.63) is 166 Å². The Labute approximate surface area is 410 Å². The number of aromatic amines is 3. The molecule has 67 heavy (non-hydrogen) atoms. The molecule has 7 aromatic rings. The molecule has 0 aliphatic heterocycles. The number of carboxylic acids is 1. The Hall–Kier alpha value is -6.42. The van der Waals surface area contributed by atoms with E-state index in [4.69, 9.17) is 10.8 Å². The van der Waals surface area contributed by atoms with Crippen LogP contribution in [0.3, 0.4) is 0 Å². The van der Waals surface area contributed by atoms with Crippen molar-refractivity contribution < 1.29 is 85.2 Å². The molecule has 0 aliphatic rings. The Bertz CT molecular complexity index is 3020. The van der Waals surface area contributed by atoms with Gasteiger partial charge >= 0.3 is 42.7 Å². The number of hydrogen-bond donors (Lipinski definition) is 5. The fraction of sp³-hybridized carbons (Fsp3) is 0.0952. The minimum atomic E-state index is -1.33. The van der Waals surface area contributed by atoms with Gasteiger partial charge in [0.2, 0.25) is 0 Å². The summed E-state index contributed by atoms with van der Waals surface area (Å²) in [5.74, 6) is -4.91. The third-order valence-corrected chi connectivity index (χ3v) is 8.52. The van der Waals surface area contributed by atoms with Gasteiger partial charge in [-0.05, 0) is 107 Å². The van der Waals surface area contributed by atoms with Crippen LogP contribution in [0.5, 0.6) is 0 Å². The summed E-state index contributed by atoms with van der Waals surface area (Å²) in [7, 11) is 3.61. The number of aromatic carboxylic acids is 1. The van der Waals surface area contributed by atoms with Crippen LogP contribution in [0.25, 0.3) is 32.7 Å². The molecular weight excluding hydrogens is 1090 g/mol. The number of rotatable bonds is 5. The van der Waals surface area contributed by atoms with E-state index in [0.717, 1.165) is 18.2 Å². The van der Waals surface area contributed by atoms with Crippen molar-refractivity contribution in [1.82, 2.24) is 15.0 Å². The fourth-order valence-corrected chi connectivity index (χ4v) is 5.18.